The van der Waals surface area contributed by atoms with Crippen LogP contribution in [0.5, 0.6) is 0 Å². The second-order valence-electron chi connectivity index (χ2n) is 7.35. The fraction of sp³-hybridized carbons (Fsp3) is 0.273. The molecule has 0 aliphatic heterocycles. The Morgan fingerprint density at radius 1 is 1.07 bits per heavy atom. The Bertz CT molecular complexity index is 1030. The van der Waals surface area contributed by atoms with E-state index >= 15 is 0 Å². The first-order chi connectivity index (χ1) is 14.3. The van der Waals surface area contributed by atoms with Crippen LogP contribution in [0.15, 0.2) is 64.9 Å². The third-order valence-corrected chi connectivity index (χ3v) is 5.69. The Morgan fingerprint density at radius 3 is 2.37 bits per heavy atom. The number of carbonyl (C=O) groups is 2. The molecule has 2 aromatic carbocycles. The van der Waals surface area contributed by atoms with E-state index in [2.05, 4.69) is 20.8 Å². The smallest absolute Gasteiger partial charge is 0.252 e. The van der Waals surface area contributed by atoms with Gasteiger partial charge in [-0.15, -0.1) is 10.2 Å². The predicted molar refractivity (Wildman–Crippen MR) is 117 cm³/mol. The van der Waals surface area contributed by atoms with Crippen LogP contribution in [0.25, 0.3) is 0 Å². The minimum atomic E-state index is -0.648. The molecule has 1 heterocycles. The normalized spacial score (nSPS) is 11.9. The molecule has 30 heavy (non-hydrogen) atoms. The summed E-state index contributed by atoms with van der Waals surface area (Å²) >= 11 is 1.49. The lowest BCUT2D eigenvalue weighted by atomic mass is 10.0. The third-order valence-electron chi connectivity index (χ3n) is 4.63. The summed E-state index contributed by atoms with van der Waals surface area (Å²) in [5.74, 6) is -0.568. The number of nitrogens with one attached hydrogen (secondary N) is 2. The van der Waals surface area contributed by atoms with Crippen molar-refractivity contribution in [3.8, 4) is 0 Å². The van der Waals surface area contributed by atoms with Crippen molar-refractivity contribution in [2.75, 3.05) is 5.32 Å². The van der Waals surface area contributed by atoms with Gasteiger partial charge in [0.25, 0.3) is 5.91 Å². The number of carbonyl (C=O) groups excluding carboxylic acids is 2. The third kappa shape index (κ3) is 5.27. The molecule has 0 fully saturated rings. The van der Waals surface area contributed by atoms with Gasteiger partial charge in [-0.05, 0) is 60.5 Å². The average Bonchev–Trinajstić information content (AvgIpc) is 3.12. The maximum absolute atomic E-state index is 12.8. The van der Waals surface area contributed by atoms with Crippen molar-refractivity contribution in [2.45, 2.75) is 36.9 Å². The highest BCUT2D eigenvalue weighted by molar-refractivity contribution is 7.99. The molecule has 1 unspecified atom stereocenters. The molecule has 3 rings (SSSR count). The standard InChI is InChI=1S/C22H25N5O2S/c1-14(2)19(25-20(28)18-8-6-5-7-15(18)3)21(29)24-16-9-11-17(12-10-16)30-22-26-23-13-27(22)4/h5-14,19H,1-4H3,(H,24,29)(H,25,28). The minimum absolute atomic E-state index is 0.0660. The number of amides is 2. The number of aromatic nitrogens is 3. The summed E-state index contributed by atoms with van der Waals surface area (Å²) < 4.78 is 1.84. The second-order valence-corrected chi connectivity index (χ2v) is 8.39. The van der Waals surface area contributed by atoms with Gasteiger partial charge in [-0.1, -0.05) is 32.0 Å². The molecular weight excluding hydrogens is 398 g/mol. The van der Waals surface area contributed by atoms with E-state index in [0.717, 1.165) is 15.6 Å². The summed E-state index contributed by atoms with van der Waals surface area (Å²) in [6, 6.07) is 14.2. The molecule has 0 saturated carbocycles. The summed E-state index contributed by atoms with van der Waals surface area (Å²) in [6.45, 7) is 5.69. The Labute approximate surface area is 180 Å². The zero-order chi connectivity index (χ0) is 21.7. The molecule has 1 aromatic heterocycles. The van der Waals surface area contributed by atoms with E-state index in [1.807, 2.05) is 74.9 Å². The SMILES string of the molecule is Cc1ccccc1C(=O)NC(C(=O)Nc1ccc(Sc2nncn2C)cc1)C(C)C. The lowest BCUT2D eigenvalue weighted by Crippen LogP contribution is -2.47. The molecule has 156 valence electrons. The van der Waals surface area contributed by atoms with Crippen LogP contribution >= 0.6 is 11.8 Å². The number of benzene rings is 2. The number of hydrogen-bond acceptors (Lipinski definition) is 5. The Hall–Kier alpha value is -3.13. The van der Waals surface area contributed by atoms with E-state index in [1.54, 1.807) is 12.4 Å². The van der Waals surface area contributed by atoms with Gasteiger partial charge in [0.15, 0.2) is 5.16 Å². The molecule has 8 heteroatoms. The predicted octanol–water partition coefficient (Wildman–Crippen LogP) is 3.67. The fourth-order valence-corrected chi connectivity index (χ4v) is 3.64. The molecule has 7 nitrogen and oxygen atoms in total. The van der Waals surface area contributed by atoms with E-state index in [-0.39, 0.29) is 17.7 Å². The Kier molecular flexibility index (Phi) is 6.89. The van der Waals surface area contributed by atoms with E-state index in [1.165, 1.54) is 11.8 Å². The molecular formula is C22H25N5O2S. The monoisotopic (exact) mass is 423 g/mol. The van der Waals surface area contributed by atoms with Crippen molar-refractivity contribution in [3.05, 3.63) is 66.0 Å². The van der Waals surface area contributed by atoms with Gasteiger partial charge in [-0.2, -0.15) is 0 Å². The van der Waals surface area contributed by atoms with Gasteiger partial charge >= 0.3 is 0 Å². The van der Waals surface area contributed by atoms with E-state index in [0.29, 0.717) is 11.3 Å². The van der Waals surface area contributed by atoms with Crippen molar-refractivity contribution >= 4 is 29.3 Å². The van der Waals surface area contributed by atoms with Crippen LogP contribution in [-0.2, 0) is 11.8 Å². The van der Waals surface area contributed by atoms with Crippen molar-refractivity contribution < 1.29 is 9.59 Å². The van der Waals surface area contributed by atoms with E-state index < -0.39 is 6.04 Å². The summed E-state index contributed by atoms with van der Waals surface area (Å²) in [6.07, 6.45) is 1.65. The molecule has 2 amide bonds. The molecule has 2 N–H and O–H groups in total. The maximum Gasteiger partial charge on any atom is 0.252 e. The number of rotatable bonds is 7. The number of nitrogens with zero attached hydrogens (tertiary/aromatic N) is 3. The van der Waals surface area contributed by atoms with Crippen LogP contribution in [0.1, 0.15) is 29.8 Å². The molecule has 0 aliphatic carbocycles. The number of hydrogen-bond donors (Lipinski definition) is 2. The average molecular weight is 424 g/mol. The van der Waals surface area contributed by atoms with Crippen LogP contribution in [0, 0.1) is 12.8 Å². The Balaban J connectivity index is 1.65. The van der Waals surface area contributed by atoms with Gasteiger partial charge in [0.1, 0.15) is 12.4 Å². The van der Waals surface area contributed by atoms with Gasteiger partial charge < -0.3 is 15.2 Å². The van der Waals surface area contributed by atoms with Crippen LogP contribution < -0.4 is 10.6 Å². The van der Waals surface area contributed by atoms with Gasteiger partial charge in [0.05, 0.1) is 0 Å². The van der Waals surface area contributed by atoms with Gasteiger partial charge in [-0.25, -0.2) is 0 Å². The lowest BCUT2D eigenvalue weighted by molar-refractivity contribution is -0.118. The highest BCUT2D eigenvalue weighted by Crippen LogP contribution is 2.26. The van der Waals surface area contributed by atoms with Gasteiger partial charge in [0, 0.05) is 23.2 Å². The van der Waals surface area contributed by atoms with Crippen LogP contribution in [-0.4, -0.2) is 32.6 Å². The quantitative estimate of drug-likeness (QED) is 0.605. The minimum Gasteiger partial charge on any atom is -0.340 e. The molecule has 0 radical (unpaired) electrons. The first-order valence-electron chi connectivity index (χ1n) is 9.64. The fourth-order valence-electron chi connectivity index (χ4n) is 2.88. The van der Waals surface area contributed by atoms with Crippen LogP contribution in [0.2, 0.25) is 0 Å². The molecule has 0 bridgehead atoms. The topological polar surface area (TPSA) is 88.9 Å². The second kappa shape index (κ2) is 9.58. The molecule has 0 saturated heterocycles. The summed E-state index contributed by atoms with van der Waals surface area (Å²) in [5, 5.41) is 14.5. The van der Waals surface area contributed by atoms with Gasteiger partial charge in [0.2, 0.25) is 5.91 Å². The zero-order valence-electron chi connectivity index (χ0n) is 17.4. The van der Waals surface area contributed by atoms with Crippen LogP contribution in [0.4, 0.5) is 5.69 Å². The summed E-state index contributed by atoms with van der Waals surface area (Å²) in [7, 11) is 1.88. The highest BCUT2D eigenvalue weighted by atomic mass is 32.2. The highest BCUT2D eigenvalue weighted by Gasteiger charge is 2.25. The van der Waals surface area contributed by atoms with Crippen molar-refractivity contribution in [2.24, 2.45) is 13.0 Å². The molecule has 0 spiro atoms. The first-order valence-corrected chi connectivity index (χ1v) is 10.5. The van der Waals surface area contributed by atoms with Gasteiger partial charge in [-0.3, -0.25) is 9.59 Å². The zero-order valence-corrected chi connectivity index (χ0v) is 18.2. The molecule has 0 aliphatic rings. The van der Waals surface area contributed by atoms with E-state index in [4.69, 9.17) is 0 Å². The maximum atomic E-state index is 12.8. The molecule has 3 aromatic rings. The van der Waals surface area contributed by atoms with Crippen molar-refractivity contribution in [1.82, 2.24) is 20.1 Å². The Morgan fingerprint density at radius 2 is 1.77 bits per heavy atom. The molecule has 1 atom stereocenters. The van der Waals surface area contributed by atoms with E-state index in [9.17, 15) is 9.59 Å². The van der Waals surface area contributed by atoms with Crippen LogP contribution in [0.3, 0.4) is 0 Å². The largest absolute Gasteiger partial charge is 0.340 e. The lowest BCUT2D eigenvalue weighted by Gasteiger charge is -2.22. The summed E-state index contributed by atoms with van der Waals surface area (Å²) in [5.41, 5.74) is 2.10. The first kappa shape index (κ1) is 21.6. The summed E-state index contributed by atoms with van der Waals surface area (Å²) in [4.78, 5) is 26.5. The van der Waals surface area contributed by atoms with Crippen molar-refractivity contribution in [1.29, 1.82) is 0 Å². The number of anilines is 1. The number of aryl methyl sites for hydroxylation is 2. The van der Waals surface area contributed by atoms with Crippen molar-refractivity contribution in [3.63, 3.8) is 0 Å².